The SMILES string of the molecule is CCc1ccc(C(C)NC(=O)CN(c2ccc(Cl)c(C(F)(F)F)c2)S(=O)(=O)c2ccccc2)cc1. The summed E-state index contributed by atoms with van der Waals surface area (Å²) in [5, 5.41) is 2.14. The highest BCUT2D eigenvalue weighted by Gasteiger charge is 2.35. The first-order valence-electron chi connectivity index (χ1n) is 10.8. The Hall–Kier alpha value is -3.04. The van der Waals surface area contributed by atoms with Gasteiger partial charge in [0.25, 0.3) is 10.0 Å². The molecule has 3 aromatic carbocycles. The van der Waals surface area contributed by atoms with Crippen molar-refractivity contribution >= 4 is 33.2 Å². The molecule has 3 aromatic rings. The number of hydrogen-bond donors (Lipinski definition) is 1. The van der Waals surface area contributed by atoms with E-state index in [2.05, 4.69) is 5.32 Å². The van der Waals surface area contributed by atoms with Crippen LogP contribution in [0.15, 0.2) is 77.7 Å². The lowest BCUT2D eigenvalue weighted by Crippen LogP contribution is -2.41. The standard InChI is InChI=1S/C25H24ClF3N2O3S/c1-3-18-9-11-19(12-10-18)17(2)30-24(32)16-31(35(33,34)21-7-5-4-6-8-21)20-13-14-23(26)22(15-20)25(27,28)29/h4-15,17H,3,16H2,1-2H3,(H,30,32). The van der Waals surface area contributed by atoms with E-state index in [4.69, 9.17) is 11.6 Å². The third kappa shape index (κ3) is 6.35. The van der Waals surface area contributed by atoms with Crippen LogP contribution in [0.4, 0.5) is 18.9 Å². The van der Waals surface area contributed by atoms with Crippen LogP contribution in [0.5, 0.6) is 0 Å². The monoisotopic (exact) mass is 524 g/mol. The highest BCUT2D eigenvalue weighted by molar-refractivity contribution is 7.92. The Kier molecular flexibility index (Phi) is 8.12. The van der Waals surface area contributed by atoms with E-state index in [1.165, 1.54) is 24.3 Å². The summed E-state index contributed by atoms with van der Waals surface area (Å²) >= 11 is 5.71. The van der Waals surface area contributed by atoms with E-state index in [9.17, 15) is 26.4 Å². The molecule has 1 atom stereocenters. The molecule has 10 heteroatoms. The lowest BCUT2D eigenvalue weighted by atomic mass is 10.1. The number of carbonyl (C=O) groups is 1. The lowest BCUT2D eigenvalue weighted by molar-refractivity contribution is -0.137. The van der Waals surface area contributed by atoms with Crippen LogP contribution in [0.3, 0.4) is 0 Å². The molecule has 1 N–H and O–H groups in total. The van der Waals surface area contributed by atoms with Gasteiger partial charge in [0.05, 0.1) is 27.2 Å². The minimum absolute atomic E-state index is 0.167. The second kappa shape index (κ2) is 10.7. The van der Waals surface area contributed by atoms with Crippen molar-refractivity contribution in [3.8, 4) is 0 Å². The summed E-state index contributed by atoms with van der Waals surface area (Å²) in [6, 6.07) is 17.0. The van der Waals surface area contributed by atoms with Gasteiger partial charge in [-0.15, -0.1) is 0 Å². The van der Waals surface area contributed by atoms with Gasteiger partial charge in [-0.3, -0.25) is 9.10 Å². The van der Waals surface area contributed by atoms with Gasteiger partial charge in [-0.05, 0) is 54.8 Å². The summed E-state index contributed by atoms with van der Waals surface area (Å²) in [7, 11) is -4.37. The molecule has 0 fully saturated rings. The molecule has 0 aliphatic carbocycles. The molecule has 0 saturated heterocycles. The second-order valence-electron chi connectivity index (χ2n) is 7.87. The fraction of sp³-hybridized carbons (Fsp3) is 0.240. The molecule has 0 heterocycles. The Morgan fingerprint density at radius 2 is 1.66 bits per heavy atom. The van der Waals surface area contributed by atoms with E-state index in [-0.39, 0.29) is 10.6 Å². The molecule has 0 aromatic heterocycles. The number of amides is 1. The molecule has 0 saturated carbocycles. The lowest BCUT2D eigenvalue weighted by Gasteiger charge is -2.26. The number of alkyl halides is 3. The number of nitrogens with zero attached hydrogens (tertiary/aromatic N) is 1. The molecule has 186 valence electrons. The number of benzene rings is 3. The first-order valence-corrected chi connectivity index (χ1v) is 12.6. The predicted molar refractivity (Wildman–Crippen MR) is 130 cm³/mol. The number of nitrogens with one attached hydrogen (secondary N) is 1. The summed E-state index contributed by atoms with van der Waals surface area (Å²) < 4.78 is 67.8. The summed E-state index contributed by atoms with van der Waals surface area (Å²) in [6.07, 6.45) is -3.95. The summed E-state index contributed by atoms with van der Waals surface area (Å²) in [4.78, 5) is 12.7. The van der Waals surface area contributed by atoms with E-state index in [0.717, 1.165) is 29.7 Å². The highest BCUT2D eigenvalue weighted by Crippen LogP contribution is 2.38. The third-order valence-electron chi connectivity index (χ3n) is 5.43. The molecule has 0 aliphatic heterocycles. The van der Waals surface area contributed by atoms with Gasteiger partial charge in [0.2, 0.25) is 5.91 Å². The van der Waals surface area contributed by atoms with Gasteiger partial charge < -0.3 is 5.32 Å². The van der Waals surface area contributed by atoms with Crippen LogP contribution < -0.4 is 9.62 Å². The fourth-order valence-electron chi connectivity index (χ4n) is 3.46. The molecule has 5 nitrogen and oxygen atoms in total. The van der Waals surface area contributed by atoms with Crippen molar-refractivity contribution in [2.24, 2.45) is 0 Å². The maximum absolute atomic E-state index is 13.5. The summed E-state index contributed by atoms with van der Waals surface area (Å²) in [5.41, 5.74) is 0.393. The number of halogens is 4. The first-order chi connectivity index (χ1) is 16.4. The highest BCUT2D eigenvalue weighted by atomic mass is 35.5. The molecule has 0 bridgehead atoms. The van der Waals surface area contributed by atoms with Crippen LogP contribution >= 0.6 is 11.6 Å². The average Bonchev–Trinajstić information content (AvgIpc) is 2.82. The van der Waals surface area contributed by atoms with E-state index >= 15 is 0 Å². The van der Waals surface area contributed by atoms with Crippen molar-refractivity contribution in [3.05, 3.63) is 94.5 Å². The average molecular weight is 525 g/mol. The molecule has 1 amide bonds. The minimum Gasteiger partial charge on any atom is -0.348 e. The molecule has 1 unspecified atom stereocenters. The van der Waals surface area contributed by atoms with Crippen LogP contribution in [0, 0.1) is 0 Å². The number of carbonyl (C=O) groups excluding carboxylic acids is 1. The molecule has 35 heavy (non-hydrogen) atoms. The van der Waals surface area contributed by atoms with Gasteiger partial charge in [0.15, 0.2) is 0 Å². The normalized spacial score (nSPS) is 12.7. The van der Waals surface area contributed by atoms with Gasteiger partial charge in [0, 0.05) is 0 Å². The topological polar surface area (TPSA) is 66.5 Å². The van der Waals surface area contributed by atoms with Crippen molar-refractivity contribution in [2.45, 2.75) is 37.4 Å². The van der Waals surface area contributed by atoms with E-state index in [1.54, 1.807) is 13.0 Å². The van der Waals surface area contributed by atoms with Crippen molar-refractivity contribution in [1.29, 1.82) is 0 Å². The van der Waals surface area contributed by atoms with Crippen LogP contribution in [0.1, 0.15) is 36.6 Å². The molecular weight excluding hydrogens is 501 g/mol. The predicted octanol–water partition coefficient (Wildman–Crippen LogP) is 5.99. The number of hydrogen-bond acceptors (Lipinski definition) is 3. The molecule has 0 aliphatic rings. The van der Waals surface area contributed by atoms with Gasteiger partial charge in [-0.25, -0.2) is 8.42 Å². The molecular formula is C25H24ClF3N2O3S. The zero-order chi connectivity index (χ0) is 25.8. The third-order valence-corrected chi connectivity index (χ3v) is 7.54. The molecule has 3 rings (SSSR count). The maximum Gasteiger partial charge on any atom is 0.417 e. The van der Waals surface area contributed by atoms with Crippen molar-refractivity contribution in [1.82, 2.24) is 5.32 Å². The summed E-state index contributed by atoms with van der Waals surface area (Å²) in [6.45, 7) is 3.02. The zero-order valence-electron chi connectivity index (χ0n) is 19.0. The van der Waals surface area contributed by atoms with Gasteiger partial charge in [-0.1, -0.05) is 61.0 Å². The van der Waals surface area contributed by atoms with Crippen LogP contribution in [-0.2, 0) is 27.4 Å². The van der Waals surface area contributed by atoms with Crippen molar-refractivity contribution in [2.75, 3.05) is 10.8 Å². The Balaban J connectivity index is 1.95. The molecule has 0 radical (unpaired) electrons. The zero-order valence-corrected chi connectivity index (χ0v) is 20.6. The smallest absolute Gasteiger partial charge is 0.348 e. The number of sulfonamides is 1. The van der Waals surface area contributed by atoms with Crippen molar-refractivity contribution in [3.63, 3.8) is 0 Å². The van der Waals surface area contributed by atoms with Gasteiger partial charge in [-0.2, -0.15) is 13.2 Å². The van der Waals surface area contributed by atoms with Crippen LogP contribution in [-0.4, -0.2) is 20.9 Å². The van der Waals surface area contributed by atoms with E-state index < -0.39 is 45.3 Å². The van der Waals surface area contributed by atoms with E-state index in [1.807, 2.05) is 31.2 Å². The Bertz CT molecular complexity index is 1280. The number of anilines is 1. The number of aryl methyl sites for hydroxylation is 1. The second-order valence-corrected chi connectivity index (χ2v) is 10.1. The minimum atomic E-state index is -4.81. The molecule has 0 spiro atoms. The Morgan fingerprint density at radius 1 is 1.03 bits per heavy atom. The van der Waals surface area contributed by atoms with Crippen LogP contribution in [0.2, 0.25) is 5.02 Å². The van der Waals surface area contributed by atoms with Crippen molar-refractivity contribution < 1.29 is 26.4 Å². The van der Waals surface area contributed by atoms with Crippen LogP contribution in [0.25, 0.3) is 0 Å². The largest absolute Gasteiger partial charge is 0.417 e. The first kappa shape index (κ1) is 26.6. The van der Waals surface area contributed by atoms with Gasteiger partial charge >= 0.3 is 6.18 Å². The Labute approximate surface area is 207 Å². The van der Waals surface area contributed by atoms with Gasteiger partial charge in [0.1, 0.15) is 6.54 Å². The fourth-order valence-corrected chi connectivity index (χ4v) is 5.12. The van der Waals surface area contributed by atoms with E-state index in [0.29, 0.717) is 10.4 Å². The Morgan fingerprint density at radius 3 is 2.23 bits per heavy atom. The quantitative estimate of drug-likeness (QED) is 0.393. The summed E-state index contributed by atoms with van der Waals surface area (Å²) in [5.74, 6) is -0.680. The maximum atomic E-state index is 13.5. The number of rotatable bonds is 8.